The van der Waals surface area contributed by atoms with Gasteiger partial charge in [-0.1, -0.05) is 46.3 Å². The van der Waals surface area contributed by atoms with Crippen LogP contribution in [0.5, 0.6) is 0 Å². The molecule has 0 aromatic carbocycles. The van der Waals surface area contributed by atoms with E-state index in [9.17, 15) is 9.59 Å². The molecule has 2 unspecified atom stereocenters. The van der Waals surface area contributed by atoms with Crippen LogP contribution in [0.1, 0.15) is 52.4 Å². The van der Waals surface area contributed by atoms with Crippen molar-refractivity contribution in [3.05, 3.63) is 25.3 Å². The summed E-state index contributed by atoms with van der Waals surface area (Å²) in [4.78, 5) is 22.7. The number of carbonyl (C=O) groups is 2. The summed E-state index contributed by atoms with van der Waals surface area (Å²) < 4.78 is 10.6. The van der Waals surface area contributed by atoms with E-state index in [0.717, 1.165) is 37.8 Å². The van der Waals surface area contributed by atoms with E-state index in [2.05, 4.69) is 20.1 Å². The molecule has 0 saturated heterocycles. The maximum absolute atomic E-state index is 11.4. The highest BCUT2D eigenvalue weighted by Crippen LogP contribution is 2.17. The first-order chi connectivity index (χ1) is 9.58. The fourth-order valence-corrected chi connectivity index (χ4v) is 1.91. The third kappa shape index (κ3) is 7.77. The van der Waals surface area contributed by atoms with Crippen molar-refractivity contribution in [3.8, 4) is 0 Å². The summed E-state index contributed by atoms with van der Waals surface area (Å²) in [6.45, 7) is 10.8. The van der Waals surface area contributed by atoms with E-state index in [1.807, 2.05) is 6.92 Å². The summed E-state index contributed by atoms with van der Waals surface area (Å²) in [7, 11) is 0. The predicted octanol–water partition coefficient (Wildman–Crippen LogP) is 3.56. The lowest BCUT2D eigenvalue weighted by atomic mass is 10.0. The number of unbranched alkanes of at least 4 members (excludes halogenated alkanes) is 3. The van der Waals surface area contributed by atoms with E-state index < -0.39 is 24.1 Å². The van der Waals surface area contributed by atoms with Crippen molar-refractivity contribution in [1.29, 1.82) is 0 Å². The zero-order valence-corrected chi connectivity index (χ0v) is 12.6. The first-order valence-corrected chi connectivity index (χ1v) is 7.25. The monoisotopic (exact) mass is 282 g/mol. The molecule has 0 aromatic heterocycles. The normalized spacial score (nSPS) is 13.1. The molecule has 0 N–H and O–H groups in total. The maximum atomic E-state index is 11.4. The Morgan fingerprint density at radius 1 is 0.950 bits per heavy atom. The Bertz CT molecular complexity index is 322. The molecule has 0 aromatic rings. The van der Waals surface area contributed by atoms with Crippen LogP contribution in [0.4, 0.5) is 0 Å². The summed E-state index contributed by atoms with van der Waals surface area (Å²) in [5, 5.41) is 0. The number of hydrogen-bond donors (Lipinski definition) is 0. The van der Waals surface area contributed by atoms with E-state index in [0.29, 0.717) is 12.8 Å². The van der Waals surface area contributed by atoms with Crippen LogP contribution in [0.2, 0.25) is 0 Å². The summed E-state index contributed by atoms with van der Waals surface area (Å²) in [6.07, 6.45) is 6.94. The third-order valence-corrected chi connectivity index (χ3v) is 3.03. The van der Waals surface area contributed by atoms with Crippen molar-refractivity contribution in [1.82, 2.24) is 0 Å². The Hall–Kier alpha value is -1.58. The van der Waals surface area contributed by atoms with Gasteiger partial charge in [0.05, 0.1) is 0 Å². The average Bonchev–Trinajstić information content (AvgIpc) is 2.47. The molecular formula is C16H26O4. The van der Waals surface area contributed by atoms with Gasteiger partial charge in [-0.3, -0.25) is 0 Å². The highest BCUT2D eigenvalue weighted by molar-refractivity contribution is 5.82. The molecule has 0 heterocycles. The maximum Gasteiger partial charge on any atom is 0.330 e. The van der Waals surface area contributed by atoms with Crippen LogP contribution in [0, 0.1) is 0 Å². The van der Waals surface area contributed by atoms with Gasteiger partial charge in [0.2, 0.25) is 0 Å². The fraction of sp³-hybridized carbons (Fsp3) is 0.625. The molecule has 0 bridgehead atoms. The Kier molecular flexibility index (Phi) is 10.4. The number of ether oxygens (including phenoxy) is 2. The first-order valence-electron chi connectivity index (χ1n) is 7.25. The molecule has 0 aliphatic heterocycles. The molecular weight excluding hydrogens is 256 g/mol. The first kappa shape index (κ1) is 18.4. The van der Waals surface area contributed by atoms with Crippen LogP contribution < -0.4 is 0 Å². The topological polar surface area (TPSA) is 52.6 Å². The van der Waals surface area contributed by atoms with Crippen molar-refractivity contribution < 1.29 is 19.1 Å². The van der Waals surface area contributed by atoms with E-state index >= 15 is 0 Å². The van der Waals surface area contributed by atoms with Crippen LogP contribution in [0.3, 0.4) is 0 Å². The number of rotatable bonds is 11. The number of esters is 2. The van der Waals surface area contributed by atoms with Crippen LogP contribution in [-0.2, 0) is 19.1 Å². The van der Waals surface area contributed by atoms with Crippen molar-refractivity contribution in [3.63, 3.8) is 0 Å². The average molecular weight is 282 g/mol. The highest BCUT2D eigenvalue weighted by Gasteiger charge is 2.25. The molecule has 4 nitrogen and oxygen atoms in total. The standard InChI is InChI=1S/C16H26O4/c1-5-9-10-11-12-14(20-16(18)8-4)13(6-2)19-15(17)7-3/h7-8,13-14H,3-6,9-12H2,1-2H3. The van der Waals surface area contributed by atoms with Gasteiger partial charge in [0.1, 0.15) is 12.2 Å². The smallest absolute Gasteiger partial charge is 0.330 e. The van der Waals surface area contributed by atoms with Crippen LogP contribution in [-0.4, -0.2) is 24.1 Å². The minimum Gasteiger partial charge on any atom is -0.455 e. The molecule has 0 aliphatic carbocycles. The highest BCUT2D eigenvalue weighted by atomic mass is 16.6. The van der Waals surface area contributed by atoms with Crippen LogP contribution in [0.15, 0.2) is 25.3 Å². The quantitative estimate of drug-likeness (QED) is 0.330. The zero-order chi connectivity index (χ0) is 15.4. The van der Waals surface area contributed by atoms with Gasteiger partial charge in [-0.05, 0) is 19.3 Å². The van der Waals surface area contributed by atoms with Crippen molar-refractivity contribution >= 4 is 11.9 Å². The summed E-state index contributed by atoms with van der Waals surface area (Å²) in [6, 6.07) is 0. The van der Waals surface area contributed by atoms with Crippen molar-refractivity contribution in [2.45, 2.75) is 64.6 Å². The molecule has 0 spiro atoms. The lowest BCUT2D eigenvalue weighted by molar-refractivity contribution is -0.162. The van der Waals surface area contributed by atoms with Crippen LogP contribution >= 0.6 is 0 Å². The Morgan fingerprint density at radius 2 is 1.50 bits per heavy atom. The second-order valence-corrected chi connectivity index (χ2v) is 4.62. The fourth-order valence-electron chi connectivity index (χ4n) is 1.91. The van der Waals surface area contributed by atoms with Gasteiger partial charge in [-0.15, -0.1) is 0 Å². The molecule has 0 rings (SSSR count). The van der Waals surface area contributed by atoms with E-state index in [1.54, 1.807) is 0 Å². The molecule has 4 heteroatoms. The van der Waals surface area contributed by atoms with Crippen molar-refractivity contribution in [2.24, 2.45) is 0 Å². The predicted molar refractivity (Wildman–Crippen MR) is 79.2 cm³/mol. The molecule has 0 saturated carbocycles. The Labute approximate surface area is 121 Å². The largest absolute Gasteiger partial charge is 0.455 e. The number of carbonyl (C=O) groups excluding carboxylic acids is 2. The van der Waals surface area contributed by atoms with Gasteiger partial charge in [-0.25, -0.2) is 9.59 Å². The number of hydrogen-bond acceptors (Lipinski definition) is 4. The van der Waals surface area contributed by atoms with Crippen LogP contribution in [0.25, 0.3) is 0 Å². The molecule has 0 fully saturated rings. The molecule has 20 heavy (non-hydrogen) atoms. The Balaban J connectivity index is 4.58. The van der Waals surface area contributed by atoms with Gasteiger partial charge in [0.15, 0.2) is 0 Å². The van der Waals surface area contributed by atoms with E-state index in [1.165, 1.54) is 0 Å². The summed E-state index contributed by atoms with van der Waals surface area (Å²) >= 11 is 0. The SMILES string of the molecule is C=CC(=O)OC(CC)C(CCCCCC)OC(=O)C=C. The van der Waals surface area contributed by atoms with E-state index in [4.69, 9.17) is 9.47 Å². The van der Waals surface area contributed by atoms with Gasteiger partial charge in [0, 0.05) is 12.2 Å². The second kappa shape index (κ2) is 11.3. The summed E-state index contributed by atoms with van der Waals surface area (Å²) in [5.41, 5.74) is 0. The molecule has 2 atom stereocenters. The lowest BCUT2D eigenvalue weighted by Gasteiger charge is -2.25. The van der Waals surface area contributed by atoms with Gasteiger partial charge in [0.25, 0.3) is 0 Å². The van der Waals surface area contributed by atoms with Gasteiger partial charge >= 0.3 is 11.9 Å². The van der Waals surface area contributed by atoms with Crippen molar-refractivity contribution in [2.75, 3.05) is 0 Å². The third-order valence-electron chi connectivity index (χ3n) is 3.03. The zero-order valence-electron chi connectivity index (χ0n) is 12.6. The van der Waals surface area contributed by atoms with E-state index in [-0.39, 0.29) is 0 Å². The second-order valence-electron chi connectivity index (χ2n) is 4.62. The van der Waals surface area contributed by atoms with Gasteiger partial charge < -0.3 is 9.47 Å². The molecule has 0 radical (unpaired) electrons. The molecule has 114 valence electrons. The molecule has 0 amide bonds. The minimum atomic E-state index is -0.495. The Morgan fingerprint density at radius 3 is 1.95 bits per heavy atom. The lowest BCUT2D eigenvalue weighted by Crippen LogP contribution is -2.34. The minimum absolute atomic E-state index is 0.425. The van der Waals surface area contributed by atoms with Gasteiger partial charge in [-0.2, -0.15) is 0 Å². The molecule has 0 aliphatic rings. The summed E-state index contributed by atoms with van der Waals surface area (Å²) in [5.74, 6) is -0.983.